The van der Waals surface area contributed by atoms with Crippen molar-refractivity contribution in [3.63, 3.8) is 0 Å². The van der Waals surface area contributed by atoms with Crippen LogP contribution in [0.1, 0.15) is 5.56 Å². The number of hydrogen-bond acceptors (Lipinski definition) is 2. The average molecular weight is 244 g/mol. The minimum atomic E-state index is -0.916. The third-order valence-electron chi connectivity index (χ3n) is 2.55. The van der Waals surface area contributed by atoms with Crippen LogP contribution in [0.4, 0.5) is 0 Å². The van der Waals surface area contributed by atoms with Gasteiger partial charge in [0.25, 0.3) is 0 Å². The number of carbonyl (C=O) groups excluding carboxylic acids is 1. The summed E-state index contributed by atoms with van der Waals surface area (Å²) in [6.07, 6.45) is 4.54. The first-order valence-electron chi connectivity index (χ1n) is 5.35. The highest BCUT2D eigenvalue weighted by molar-refractivity contribution is 5.96. The van der Waals surface area contributed by atoms with E-state index in [-0.39, 0.29) is 6.54 Å². The first kappa shape index (κ1) is 11.9. The monoisotopic (exact) mass is 244 g/mol. The van der Waals surface area contributed by atoms with Crippen molar-refractivity contribution in [2.45, 2.75) is 6.54 Å². The number of carboxylic acids is 1. The molecule has 18 heavy (non-hydrogen) atoms. The molecular weight excluding hydrogens is 232 g/mol. The number of para-hydroxylation sites is 1. The van der Waals surface area contributed by atoms with Gasteiger partial charge in [-0.3, -0.25) is 9.59 Å². The molecule has 5 nitrogen and oxygen atoms in total. The summed E-state index contributed by atoms with van der Waals surface area (Å²) < 4.78 is 1.62. The van der Waals surface area contributed by atoms with Crippen molar-refractivity contribution in [3.05, 3.63) is 42.1 Å². The van der Waals surface area contributed by atoms with Crippen LogP contribution in [-0.2, 0) is 16.1 Å². The second kappa shape index (κ2) is 4.75. The molecule has 0 fully saturated rings. The number of rotatable bonds is 4. The first-order chi connectivity index (χ1) is 8.58. The number of hydrogen-bond donors (Lipinski definition) is 2. The van der Waals surface area contributed by atoms with E-state index in [1.807, 2.05) is 24.3 Å². The maximum atomic E-state index is 10.8. The molecule has 0 aliphatic carbocycles. The SMILES string of the molecule is NC(=O)/C=C\c1cn(CC(=O)O)c2ccccc12. The van der Waals surface area contributed by atoms with E-state index in [1.165, 1.54) is 6.08 Å². The van der Waals surface area contributed by atoms with E-state index in [9.17, 15) is 9.59 Å². The van der Waals surface area contributed by atoms with Gasteiger partial charge >= 0.3 is 5.97 Å². The molecule has 1 aromatic carbocycles. The molecule has 0 saturated heterocycles. The molecule has 0 aliphatic heterocycles. The summed E-state index contributed by atoms with van der Waals surface area (Å²) in [5.41, 5.74) is 6.62. The van der Waals surface area contributed by atoms with E-state index in [1.54, 1.807) is 16.8 Å². The Labute approximate surface area is 103 Å². The lowest BCUT2D eigenvalue weighted by Crippen LogP contribution is -2.07. The number of benzene rings is 1. The minimum absolute atomic E-state index is 0.120. The fraction of sp³-hybridized carbons (Fsp3) is 0.0769. The molecule has 0 bridgehead atoms. The molecule has 2 aromatic rings. The minimum Gasteiger partial charge on any atom is -0.480 e. The molecular formula is C13H12N2O3. The number of amides is 1. The van der Waals surface area contributed by atoms with E-state index in [0.29, 0.717) is 0 Å². The highest BCUT2D eigenvalue weighted by Crippen LogP contribution is 2.22. The molecule has 0 atom stereocenters. The van der Waals surface area contributed by atoms with Gasteiger partial charge in [0.05, 0.1) is 0 Å². The molecule has 1 amide bonds. The van der Waals surface area contributed by atoms with Crippen LogP contribution in [0.25, 0.3) is 17.0 Å². The van der Waals surface area contributed by atoms with Crippen LogP contribution in [0, 0.1) is 0 Å². The van der Waals surface area contributed by atoms with Gasteiger partial charge in [-0.1, -0.05) is 18.2 Å². The largest absolute Gasteiger partial charge is 0.480 e. The predicted octanol–water partition coefficient (Wildman–Crippen LogP) is 1.22. The lowest BCUT2D eigenvalue weighted by atomic mass is 10.1. The van der Waals surface area contributed by atoms with Crippen LogP contribution in [0.3, 0.4) is 0 Å². The smallest absolute Gasteiger partial charge is 0.323 e. The van der Waals surface area contributed by atoms with E-state index in [2.05, 4.69) is 0 Å². The normalized spacial score (nSPS) is 11.1. The molecule has 0 unspecified atom stereocenters. The number of aromatic nitrogens is 1. The summed E-state index contributed by atoms with van der Waals surface area (Å²) in [5.74, 6) is -1.45. The zero-order valence-electron chi connectivity index (χ0n) is 9.54. The van der Waals surface area contributed by atoms with Gasteiger partial charge in [-0.2, -0.15) is 0 Å². The van der Waals surface area contributed by atoms with Crippen molar-refractivity contribution in [2.24, 2.45) is 5.73 Å². The summed E-state index contributed by atoms with van der Waals surface area (Å²) >= 11 is 0. The quantitative estimate of drug-likeness (QED) is 0.793. The summed E-state index contributed by atoms with van der Waals surface area (Å²) in [7, 11) is 0. The van der Waals surface area contributed by atoms with Gasteiger partial charge < -0.3 is 15.4 Å². The second-order valence-electron chi connectivity index (χ2n) is 3.86. The number of nitrogens with two attached hydrogens (primary N) is 1. The fourth-order valence-electron chi connectivity index (χ4n) is 1.86. The number of nitrogens with zero attached hydrogens (tertiary/aromatic N) is 1. The predicted molar refractivity (Wildman–Crippen MR) is 67.8 cm³/mol. The van der Waals surface area contributed by atoms with Crippen LogP contribution < -0.4 is 5.73 Å². The number of carbonyl (C=O) groups is 2. The molecule has 2 rings (SSSR count). The molecule has 0 spiro atoms. The Balaban J connectivity index is 2.53. The van der Waals surface area contributed by atoms with Crippen molar-refractivity contribution in [3.8, 4) is 0 Å². The molecule has 5 heteroatoms. The van der Waals surface area contributed by atoms with Crippen LogP contribution in [0.5, 0.6) is 0 Å². The Hall–Kier alpha value is -2.56. The Morgan fingerprint density at radius 2 is 2.06 bits per heavy atom. The Bertz CT molecular complexity index is 641. The van der Waals surface area contributed by atoms with Gasteiger partial charge in [0.2, 0.25) is 5.91 Å². The van der Waals surface area contributed by atoms with E-state index < -0.39 is 11.9 Å². The number of carboxylic acid groups (broad SMARTS) is 1. The molecule has 0 aliphatic rings. The Morgan fingerprint density at radius 1 is 1.33 bits per heavy atom. The summed E-state index contributed by atoms with van der Waals surface area (Å²) in [6, 6.07) is 7.39. The summed E-state index contributed by atoms with van der Waals surface area (Å²) in [4.78, 5) is 21.5. The third-order valence-corrected chi connectivity index (χ3v) is 2.55. The molecule has 1 aromatic heterocycles. The lowest BCUT2D eigenvalue weighted by Gasteiger charge is -1.99. The van der Waals surface area contributed by atoms with Gasteiger partial charge in [-0.15, -0.1) is 0 Å². The molecule has 0 radical (unpaired) electrons. The zero-order valence-corrected chi connectivity index (χ0v) is 9.54. The number of fused-ring (bicyclic) bond motifs is 1. The van der Waals surface area contributed by atoms with Gasteiger partial charge in [0.1, 0.15) is 6.54 Å². The fourth-order valence-corrected chi connectivity index (χ4v) is 1.86. The lowest BCUT2D eigenvalue weighted by molar-refractivity contribution is -0.137. The van der Waals surface area contributed by atoms with Gasteiger partial charge in [-0.25, -0.2) is 0 Å². The van der Waals surface area contributed by atoms with Crippen molar-refractivity contribution >= 4 is 28.9 Å². The van der Waals surface area contributed by atoms with Crippen molar-refractivity contribution in [1.29, 1.82) is 0 Å². The van der Waals surface area contributed by atoms with Crippen LogP contribution in [0.15, 0.2) is 36.5 Å². The van der Waals surface area contributed by atoms with Crippen LogP contribution >= 0.6 is 0 Å². The van der Waals surface area contributed by atoms with E-state index in [0.717, 1.165) is 16.5 Å². The topological polar surface area (TPSA) is 85.3 Å². The highest BCUT2D eigenvalue weighted by atomic mass is 16.4. The summed E-state index contributed by atoms with van der Waals surface area (Å²) in [6.45, 7) is -0.120. The van der Waals surface area contributed by atoms with Crippen molar-refractivity contribution < 1.29 is 14.7 Å². The van der Waals surface area contributed by atoms with Crippen LogP contribution in [-0.4, -0.2) is 21.6 Å². The van der Waals surface area contributed by atoms with Gasteiger partial charge in [-0.05, 0) is 12.1 Å². The third kappa shape index (κ3) is 2.40. The van der Waals surface area contributed by atoms with Gasteiger partial charge in [0.15, 0.2) is 0 Å². The summed E-state index contributed by atoms with van der Waals surface area (Å²) in [5, 5.41) is 9.73. The van der Waals surface area contributed by atoms with E-state index >= 15 is 0 Å². The first-order valence-corrected chi connectivity index (χ1v) is 5.35. The van der Waals surface area contributed by atoms with E-state index in [4.69, 9.17) is 10.8 Å². The molecule has 0 saturated carbocycles. The number of primary amides is 1. The van der Waals surface area contributed by atoms with Crippen molar-refractivity contribution in [1.82, 2.24) is 4.57 Å². The Kier molecular flexibility index (Phi) is 3.14. The maximum Gasteiger partial charge on any atom is 0.323 e. The number of aliphatic carboxylic acids is 1. The molecule has 3 N–H and O–H groups in total. The van der Waals surface area contributed by atoms with Crippen molar-refractivity contribution in [2.75, 3.05) is 0 Å². The molecule has 1 heterocycles. The Morgan fingerprint density at radius 3 is 2.72 bits per heavy atom. The highest BCUT2D eigenvalue weighted by Gasteiger charge is 2.08. The maximum absolute atomic E-state index is 10.8. The second-order valence-corrected chi connectivity index (χ2v) is 3.86. The molecule has 92 valence electrons. The standard InChI is InChI=1S/C13H12N2O3/c14-12(16)6-5-9-7-15(8-13(17)18)11-4-2-1-3-10(9)11/h1-7H,8H2,(H2,14,16)(H,17,18)/b6-5-. The average Bonchev–Trinajstić information content (AvgIpc) is 2.65. The van der Waals surface area contributed by atoms with Gasteiger partial charge in [0, 0.05) is 28.7 Å². The zero-order chi connectivity index (χ0) is 13.1. The van der Waals surface area contributed by atoms with Crippen LogP contribution in [0.2, 0.25) is 0 Å².